The Balaban J connectivity index is 3.21. The first-order valence-corrected chi connectivity index (χ1v) is 10.6. The van der Waals surface area contributed by atoms with Crippen LogP contribution in [0.3, 0.4) is 0 Å². The van der Waals surface area contributed by atoms with Crippen molar-refractivity contribution in [1.29, 1.82) is 0 Å². The number of ether oxygens (including phenoxy) is 3. The highest BCUT2D eigenvalue weighted by Crippen LogP contribution is 2.62. The van der Waals surface area contributed by atoms with E-state index >= 15 is 0 Å². The van der Waals surface area contributed by atoms with Crippen LogP contribution >= 0.6 is 0 Å². The minimum Gasteiger partial charge on any atom is -0.478 e. The van der Waals surface area contributed by atoms with Gasteiger partial charge >= 0.3 is 11.9 Å². The largest absolute Gasteiger partial charge is 0.478 e. The number of carboxylic acid groups (broad SMARTS) is 2. The number of hydrogen-bond acceptors (Lipinski definition) is 5. The van der Waals surface area contributed by atoms with Crippen LogP contribution in [0.2, 0.25) is 0 Å². The average molecular weight is 439 g/mol. The summed E-state index contributed by atoms with van der Waals surface area (Å²) in [4.78, 5) is 25.3. The molecule has 0 spiro atoms. The lowest BCUT2D eigenvalue weighted by molar-refractivity contribution is -0.404. The fourth-order valence-electron chi connectivity index (χ4n) is 4.03. The van der Waals surface area contributed by atoms with E-state index in [1.165, 1.54) is 0 Å². The van der Waals surface area contributed by atoms with E-state index in [1.54, 1.807) is 0 Å². The van der Waals surface area contributed by atoms with Gasteiger partial charge in [-0.3, -0.25) is 4.74 Å². The zero-order valence-corrected chi connectivity index (χ0v) is 20.9. The molecule has 176 valence electrons. The van der Waals surface area contributed by atoms with Crippen LogP contribution < -0.4 is 0 Å². The Bertz CT molecular complexity index is 794. The lowest BCUT2D eigenvalue weighted by atomic mass is 9.69. The van der Waals surface area contributed by atoms with Crippen molar-refractivity contribution in [1.82, 2.24) is 0 Å². The second-order valence-corrected chi connectivity index (χ2v) is 12.6. The first-order valence-electron chi connectivity index (χ1n) is 10.6. The molecule has 2 atom stereocenters. The quantitative estimate of drug-likeness (QED) is 0.601. The third-order valence-corrected chi connectivity index (χ3v) is 5.66. The highest BCUT2D eigenvalue weighted by Gasteiger charge is 2.71. The van der Waals surface area contributed by atoms with Crippen molar-refractivity contribution in [2.45, 2.75) is 94.7 Å². The minimum absolute atomic E-state index is 0.140. The third kappa shape index (κ3) is 3.65. The van der Waals surface area contributed by atoms with Crippen LogP contribution in [-0.2, 0) is 23.8 Å². The van der Waals surface area contributed by atoms with E-state index in [-0.39, 0.29) is 22.7 Å². The molecule has 0 fully saturated rings. The van der Waals surface area contributed by atoms with E-state index in [0.29, 0.717) is 0 Å². The molecule has 31 heavy (non-hydrogen) atoms. The Morgan fingerprint density at radius 3 is 1.03 bits per heavy atom. The molecule has 0 aromatic rings. The fourth-order valence-corrected chi connectivity index (χ4v) is 4.03. The van der Waals surface area contributed by atoms with Crippen molar-refractivity contribution in [3.63, 3.8) is 0 Å². The molecule has 0 amide bonds. The van der Waals surface area contributed by atoms with E-state index in [1.807, 2.05) is 83.1 Å². The topological polar surface area (TPSA) is 102 Å². The van der Waals surface area contributed by atoms with Crippen molar-refractivity contribution >= 4 is 11.9 Å². The van der Waals surface area contributed by atoms with Gasteiger partial charge in [0.25, 0.3) is 11.6 Å². The molecule has 0 aliphatic carbocycles. The van der Waals surface area contributed by atoms with Gasteiger partial charge in [-0.25, -0.2) is 9.59 Å². The smallest absolute Gasteiger partial charge is 0.341 e. The molecule has 2 unspecified atom stereocenters. The maximum Gasteiger partial charge on any atom is 0.341 e. The monoisotopic (exact) mass is 438 g/mol. The van der Waals surface area contributed by atoms with Crippen molar-refractivity contribution in [3.05, 3.63) is 22.7 Å². The summed E-state index contributed by atoms with van der Waals surface area (Å²) in [5.74, 6) is -5.68. The van der Waals surface area contributed by atoms with Gasteiger partial charge in [-0.2, -0.15) is 0 Å². The molecule has 0 aromatic carbocycles. The second kappa shape index (κ2) is 6.74. The normalized spacial score (nSPS) is 27.6. The molecular formula is C24H38O7. The van der Waals surface area contributed by atoms with E-state index in [2.05, 4.69) is 0 Å². The summed E-state index contributed by atoms with van der Waals surface area (Å²) in [6, 6.07) is 0. The van der Waals surface area contributed by atoms with Gasteiger partial charge in [0.1, 0.15) is 22.7 Å². The lowest BCUT2D eigenvalue weighted by Gasteiger charge is -2.61. The number of rotatable bonds is 2. The molecule has 0 aromatic heterocycles. The van der Waals surface area contributed by atoms with Gasteiger partial charge in [-0.05, 0) is 0 Å². The average Bonchev–Trinajstić information content (AvgIpc) is 2.48. The Morgan fingerprint density at radius 1 is 0.613 bits per heavy atom. The predicted molar refractivity (Wildman–Crippen MR) is 116 cm³/mol. The highest BCUT2D eigenvalue weighted by atomic mass is 16.8. The summed E-state index contributed by atoms with van der Waals surface area (Å²) in [6.07, 6.45) is 0. The van der Waals surface area contributed by atoms with Crippen LogP contribution in [0.25, 0.3) is 0 Å². The van der Waals surface area contributed by atoms with Crippen molar-refractivity contribution in [3.8, 4) is 0 Å². The number of fused-ring (bicyclic) bond motifs is 2. The molecule has 0 saturated carbocycles. The maximum absolute atomic E-state index is 12.7. The van der Waals surface area contributed by atoms with Gasteiger partial charge in [0.15, 0.2) is 0 Å². The molecular weight excluding hydrogens is 400 g/mol. The molecule has 7 heteroatoms. The van der Waals surface area contributed by atoms with E-state index in [4.69, 9.17) is 14.2 Å². The maximum atomic E-state index is 12.7. The molecule has 2 heterocycles. The Hall–Kier alpha value is -2.02. The Kier molecular flexibility index (Phi) is 5.49. The molecule has 7 nitrogen and oxygen atoms in total. The third-order valence-electron chi connectivity index (χ3n) is 5.66. The van der Waals surface area contributed by atoms with Crippen LogP contribution in [0, 0.1) is 21.7 Å². The molecule has 2 bridgehead atoms. The number of hydrogen-bond donors (Lipinski definition) is 2. The van der Waals surface area contributed by atoms with Gasteiger partial charge in [-0.1, -0.05) is 83.1 Å². The van der Waals surface area contributed by atoms with Gasteiger partial charge < -0.3 is 19.7 Å². The number of aliphatic carboxylic acids is 2. The van der Waals surface area contributed by atoms with Crippen LogP contribution in [0.1, 0.15) is 83.1 Å². The van der Waals surface area contributed by atoms with Crippen LogP contribution in [0.5, 0.6) is 0 Å². The molecule has 0 radical (unpaired) electrons. The molecule has 2 N–H and O–H groups in total. The number of carboxylic acids is 2. The Labute approximate surface area is 185 Å². The van der Waals surface area contributed by atoms with Gasteiger partial charge in [0.2, 0.25) is 0 Å². The minimum atomic E-state index is -1.77. The standard InChI is InChI=1S/C24H38O7/c1-19(2,3)15-13(17(25)26)23(21(7,8)9)30-16(20(4,5)6)14(18(27)28)24(29-15,31-23)22(10,11)12/h1-12H3,(H,25,26)(H,27,28). The molecule has 2 aliphatic heterocycles. The lowest BCUT2D eigenvalue weighted by Crippen LogP contribution is -2.69. The highest BCUT2D eigenvalue weighted by molar-refractivity contribution is 5.93. The van der Waals surface area contributed by atoms with Gasteiger partial charge in [0.05, 0.1) is 0 Å². The van der Waals surface area contributed by atoms with Crippen LogP contribution in [-0.4, -0.2) is 33.7 Å². The second-order valence-electron chi connectivity index (χ2n) is 12.6. The summed E-state index contributed by atoms with van der Waals surface area (Å²) < 4.78 is 19.4. The summed E-state index contributed by atoms with van der Waals surface area (Å²) in [5, 5.41) is 20.7. The van der Waals surface area contributed by atoms with Crippen molar-refractivity contribution in [2.24, 2.45) is 21.7 Å². The van der Waals surface area contributed by atoms with E-state index in [9.17, 15) is 19.8 Å². The molecule has 2 rings (SSSR count). The zero-order valence-electron chi connectivity index (χ0n) is 20.9. The van der Waals surface area contributed by atoms with Crippen LogP contribution in [0.4, 0.5) is 0 Å². The van der Waals surface area contributed by atoms with Crippen molar-refractivity contribution in [2.75, 3.05) is 0 Å². The van der Waals surface area contributed by atoms with E-state index in [0.717, 1.165) is 0 Å². The number of carbonyl (C=O) groups is 2. The van der Waals surface area contributed by atoms with Gasteiger partial charge in [0, 0.05) is 21.7 Å². The first kappa shape index (κ1) is 25.2. The summed E-state index contributed by atoms with van der Waals surface area (Å²) >= 11 is 0. The SMILES string of the molecule is CC(C)(C)C1=C(C(=O)O)C2(C(C)(C)C)OC(C(C)(C)C)=C(C(=O)O)C(C(C)(C)C)(O1)O2. The zero-order chi connectivity index (χ0) is 24.6. The summed E-state index contributed by atoms with van der Waals surface area (Å²) in [6.45, 7) is 21.9. The number of allylic oxidation sites excluding steroid dienone is 2. The first-order chi connectivity index (χ1) is 13.5. The van der Waals surface area contributed by atoms with Crippen LogP contribution in [0.15, 0.2) is 22.7 Å². The molecule has 2 aliphatic rings. The Morgan fingerprint density at radius 2 is 0.871 bits per heavy atom. The molecule has 0 saturated heterocycles. The fraction of sp³-hybridized carbons (Fsp3) is 0.750. The summed E-state index contributed by atoms with van der Waals surface area (Å²) in [5.41, 5.74) is -3.54. The van der Waals surface area contributed by atoms with E-state index < -0.39 is 45.2 Å². The van der Waals surface area contributed by atoms with Crippen molar-refractivity contribution < 1.29 is 34.0 Å². The predicted octanol–water partition coefficient (Wildman–Crippen LogP) is 5.32. The summed E-state index contributed by atoms with van der Waals surface area (Å²) in [7, 11) is 0. The van der Waals surface area contributed by atoms with Gasteiger partial charge in [-0.15, -0.1) is 0 Å².